The van der Waals surface area contributed by atoms with Crippen molar-refractivity contribution < 1.29 is 9.84 Å². The van der Waals surface area contributed by atoms with E-state index in [4.69, 9.17) is 4.74 Å². The summed E-state index contributed by atoms with van der Waals surface area (Å²) in [6.45, 7) is 14.3. The molecule has 1 heterocycles. The van der Waals surface area contributed by atoms with Crippen LogP contribution in [0.3, 0.4) is 0 Å². The van der Waals surface area contributed by atoms with Gasteiger partial charge in [-0.3, -0.25) is 9.80 Å². The molecule has 0 aromatic carbocycles. The van der Waals surface area contributed by atoms with E-state index in [2.05, 4.69) is 37.5 Å². The molecule has 1 saturated heterocycles. The molecule has 0 saturated carbocycles. The first-order valence-electron chi connectivity index (χ1n) is 7.82. The van der Waals surface area contributed by atoms with Crippen LogP contribution < -0.4 is 0 Å². The molecule has 1 atom stereocenters. The van der Waals surface area contributed by atoms with Gasteiger partial charge in [0.2, 0.25) is 0 Å². The highest BCUT2D eigenvalue weighted by atomic mass is 16.5. The van der Waals surface area contributed by atoms with Gasteiger partial charge in [0.1, 0.15) is 0 Å². The standard InChI is InChI=1S/C15H32N2O2/c1-5-15(6-2)19-12-14(18)11-16-7-9-17(10-8-16)13(3)4/h13-15,18H,5-12H2,1-4H3/t14-/m0/s1. The van der Waals surface area contributed by atoms with E-state index in [1.165, 1.54) is 0 Å². The Balaban J connectivity index is 2.17. The molecular weight excluding hydrogens is 240 g/mol. The van der Waals surface area contributed by atoms with E-state index >= 15 is 0 Å². The van der Waals surface area contributed by atoms with Gasteiger partial charge in [-0.15, -0.1) is 0 Å². The van der Waals surface area contributed by atoms with E-state index in [-0.39, 0.29) is 6.10 Å². The Morgan fingerprint density at radius 1 is 1.05 bits per heavy atom. The molecule has 0 amide bonds. The number of aliphatic hydroxyl groups excluding tert-OH is 1. The molecule has 4 nitrogen and oxygen atoms in total. The number of β-amino-alcohol motifs (C(OH)–C–C–N with tert-alkyl or cyclic N) is 1. The minimum absolute atomic E-state index is 0.299. The first-order valence-corrected chi connectivity index (χ1v) is 7.82. The van der Waals surface area contributed by atoms with Gasteiger partial charge >= 0.3 is 0 Å². The maximum absolute atomic E-state index is 10.0. The summed E-state index contributed by atoms with van der Waals surface area (Å²) >= 11 is 0. The first kappa shape index (κ1) is 16.9. The van der Waals surface area contributed by atoms with Gasteiger partial charge in [-0.1, -0.05) is 13.8 Å². The Hall–Kier alpha value is -0.160. The van der Waals surface area contributed by atoms with Crippen molar-refractivity contribution in [1.82, 2.24) is 9.80 Å². The van der Waals surface area contributed by atoms with Crippen molar-refractivity contribution in [2.45, 2.75) is 58.8 Å². The number of ether oxygens (including phenoxy) is 1. The van der Waals surface area contributed by atoms with Gasteiger partial charge in [0.05, 0.1) is 18.8 Å². The number of aliphatic hydroxyl groups is 1. The Labute approximate surface area is 118 Å². The number of rotatable bonds is 8. The van der Waals surface area contributed by atoms with Crippen molar-refractivity contribution >= 4 is 0 Å². The van der Waals surface area contributed by atoms with Crippen LogP contribution in [0.25, 0.3) is 0 Å². The van der Waals surface area contributed by atoms with Gasteiger partial charge in [-0.05, 0) is 26.7 Å². The molecule has 114 valence electrons. The second-order valence-corrected chi connectivity index (χ2v) is 5.86. The van der Waals surface area contributed by atoms with Crippen LogP contribution in [-0.4, -0.2) is 72.5 Å². The molecule has 1 N–H and O–H groups in total. The number of hydrogen-bond acceptors (Lipinski definition) is 4. The van der Waals surface area contributed by atoms with Crippen molar-refractivity contribution in [3.8, 4) is 0 Å². The zero-order valence-corrected chi connectivity index (χ0v) is 13.1. The van der Waals surface area contributed by atoms with Crippen LogP contribution in [-0.2, 0) is 4.74 Å². The number of nitrogens with zero attached hydrogens (tertiary/aromatic N) is 2. The van der Waals surface area contributed by atoms with Gasteiger partial charge in [0.15, 0.2) is 0 Å². The highest BCUT2D eigenvalue weighted by Crippen LogP contribution is 2.08. The maximum atomic E-state index is 10.0. The summed E-state index contributed by atoms with van der Waals surface area (Å²) in [6.07, 6.45) is 1.99. The van der Waals surface area contributed by atoms with Gasteiger partial charge in [-0.2, -0.15) is 0 Å². The summed E-state index contributed by atoms with van der Waals surface area (Å²) in [5.41, 5.74) is 0. The Kier molecular flexibility index (Phi) is 7.91. The van der Waals surface area contributed by atoms with Gasteiger partial charge in [-0.25, -0.2) is 0 Å². The third-order valence-electron chi connectivity index (χ3n) is 4.04. The third kappa shape index (κ3) is 6.21. The smallest absolute Gasteiger partial charge is 0.0900 e. The molecule has 0 unspecified atom stereocenters. The van der Waals surface area contributed by atoms with Crippen molar-refractivity contribution in [3.63, 3.8) is 0 Å². The number of piperazine rings is 1. The molecule has 0 aliphatic carbocycles. The van der Waals surface area contributed by atoms with Crippen LogP contribution in [0.5, 0.6) is 0 Å². The molecule has 0 aromatic rings. The van der Waals surface area contributed by atoms with Crippen LogP contribution in [0.15, 0.2) is 0 Å². The van der Waals surface area contributed by atoms with E-state index in [0.717, 1.165) is 45.6 Å². The summed E-state index contributed by atoms with van der Waals surface area (Å²) < 4.78 is 5.72. The fraction of sp³-hybridized carbons (Fsp3) is 1.00. The van der Waals surface area contributed by atoms with Crippen LogP contribution in [0.2, 0.25) is 0 Å². The van der Waals surface area contributed by atoms with Gasteiger partial charge < -0.3 is 9.84 Å². The molecule has 0 radical (unpaired) electrons. The monoisotopic (exact) mass is 272 g/mol. The lowest BCUT2D eigenvalue weighted by Crippen LogP contribution is -2.51. The van der Waals surface area contributed by atoms with Crippen molar-refractivity contribution in [1.29, 1.82) is 0 Å². The molecule has 1 aliphatic heterocycles. The van der Waals surface area contributed by atoms with Crippen LogP contribution in [0.1, 0.15) is 40.5 Å². The number of hydrogen-bond donors (Lipinski definition) is 1. The first-order chi connectivity index (χ1) is 9.06. The molecule has 0 spiro atoms. The largest absolute Gasteiger partial charge is 0.389 e. The van der Waals surface area contributed by atoms with Gasteiger partial charge in [0.25, 0.3) is 0 Å². The fourth-order valence-electron chi connectivity index (χ4n) is 2.58. The molecule has 1 aliphatic rings. The highest BCUT2D eigenvalue weighted by molar-refractivity contribution is 4.76. The average Bonchev–Trinajstić information content (AvgIpc) is 2.40. The van der Waals surface area contributed by atoms with E-state index in [1.807, 2.05) is 0 Å². The molecule has 1 rings (SSSR count). The third-order valence-corrected chi connectivity index (χ3v) is 4.04. The zero-order valence-electron chi connectivity index (χ0n) is 13.1. The Morgan fingerprint density at radius 3 is 2.11 bits per heavy atom. The predicted octanol–water partition coefficient (Wildman–Crippen LogP) is 1.58. The minimum atomic E-state index is -0.355. The molecular formula is C15H32N2O2. The van der Waals surface area contributed by atoms with E-state index in [1.54, 1.807) is 0 Å². The molecule has 4 heteroatoms. The normalized spacial score (nSPS) is 20.4. The average molecular weight is 272 g/mol. The van der Waals surface area contributed by atoms with Crippen LogP contribution in [0, 0.1) is 0 Å². The van der Waals surface area contributed by atoms with Crippen LogP contribution in [0.4, 0.5) is 0 Å². The van der Waals surface area contributed by atoms with Crippen LogP contribution >= 0.6 is 0 Å². The minimum Gasteiger partial charge on any atom is -0.389 e. The fourth-order valence-corrected chi connectivity index (χ4v) is 2.58. The topological polar surface area (TPSA) is 35.9 Å². The van der Waals surface area contributed by atoms with Gasteiger partial charge in [0, 0.05) is 38.8 Å². The molecule has 0 aromatic heterocycles. The summed E-state index contributed by atoms with van der Waals surface area (Å²) in [4.78, 5) is 4.84. The van der Waals surface area contributed by atoms with E-state index in [0.29, 0.717) is 18.8 Å². The Bertz CT molecular complexity index is 224. The lowest BCUT2D eigenvalue weighted by Gasteiger charge is -2.37. The van der Waals surface area contributed by atoms with Crippen molar-refractivity contribution in [2.24, 2.45) is 0 Å². The zero-order chi connectivity index (χ0) is 14.3. The summed E-state index contributed by atoms with van der Waals surface area (Å²) in [6, 6.07) is 0.630. The molecule has 0 bridgehead atoms. The van der Waals surface area contributed by atoms with Crippen molar-refractivity contribution in [2.75, 3.05) is 39.3 Å². The second kappa shape index (κ2) is 8.90. The lowest BCUT2D eigenvalue weighted by atomic mass is 10.2. The quantitative estimate of drug-likeness (QED) is 0.728. The second-order valence-electron chi connectivity index (χ2n) is 5.86. The summed E-state index contributed by atoms with van der Waals surface area (Å²) in [7, 11) is 0. The van der Waals surface area contributed by atoms with Crippen molar-refractivity contribution in [3.05, 3.63) is 0 Å². The summed E-state index contributed by atoms with van der Waals surface area (Å²) in [5, 5.41) is 10.0. The van der Waals surface area contributed by atoms with E-state index in [9.17, 15) is 5.11 Å². The maximum Gasteiger partial charge on any atom is 0.0900 e. The molecule has 1 fully saturated rings. The molecule has 19 heavy (non-hydrogen) atoms. The summed E-state index contributed by atoms with van der Waals surface area (Å²) in [5.74, 6) is 0. The lowest BCUT2D eigenvalue weighted by molar-refractivity contribution is -0.0289. The highest BCUT2D eigenvalue weighted by Gasteiger charge is 2.20. The van der Waals surface area contributed by atoms with E-state index < -0.39 is 0 Å². The SMILES string of the molecule is CCC(CC)OC[C@@H](O)CN1CCN(C(C)C)CC1. The predicted molar refractivity (Wildman–Crippen MR) is 79.5 cm³/mol. The Morgan fingerprint density at radius 2 is 1.63 bits per heavy atom.